The molecule has 0 aliphatic rings. The molecule has 0 aliphatic carbocycles. The quantitative estimate of drug-likeness (QED) is 0.412. The minimum absolute atomic E-state index is 0.383. The highest BCUT2D eigenvalue weighted by Crippen LogP contribution is 2.27. The third-order valence-corrected chi connectivity index (χ3v) is 3.61. The smallest absolute Gasteiger partial charge is 0.302 e. The van der Waals surface area contributed by atoms with Crippen molar-refractivity contribution in [1.82, 2.24) is 4.90 Å². The second-order valence-electron chi connectivity index (χ2n) is 4.68. The summed E-state index contributed by atoms with van der Waals surface area (Å²) in [6, 6.07) is 3.83. The average Bonchev–Trinajstić information content (AvgIpc) is 2.43. The van der Waals surface area contributed by atoms with Gasteiger partial charge in [-0.3, -0.25) is 10.1 Å². The SMILES string of the molecule is CCCCN(CC)CC(Cl)c1ccc(F)c([N+](=O)[O-])c1. The maximum absolute atomic E-state index is 13.3. The first-order chi connectivity index (χ1) is 9.49. The van der Waals surface area contributed by atoms with Crippen LogP contribution in [0.5, 0.6) is 0 Å². The van der Waals surface area contributed by atoms with Crippen LogP contribution < -0.4 is 0 Å². The van der Waals surface area contributed by atoms with Crippen molar-refractivity contribution >= 4 is 17.3 Å². The lowest BCUT2D eigenvalue weighted by atomic mass is 10.1. The number of nitrogens with zero attached hydrogens (tertiary/aromatic N) is 2. The Balaban J connectivity index is 2.78. The molecule has 0 bridgehead atoms. The number of halogens is 2. The first-order valence-corrected chi connectivity index (χ1v) is 7.23. The van der Waals surface area contributed by atoms with E-state index in [0.29, 0.717) is 12.1 Å². The van der Waals surface area contributed by atoms with E-state index < -0.39 is 16.4 Å². The van der Waals surface area contributed by atoms with Gasteiger partial charge in [0.05, 0.1) is 10.3 Å². The van der Waals surface area contributed by atoms with Gasteiger partial charge in [-0.15, -0.1) is 11.6 Å². The van der Waals surface area contributed by atoms with Gasteiger partial charge in [0.1, 0.15) is 0 Å². The maximum Gasteiger partial charge on any atom is 0.305 e. The van der Waals surface area contributed by atoms with Crippen LogP contribution in [0.4, 0.5) is 10.1 Å². The molecule has 20 heavy (non-hydrogen) atoms. The number of nitro groups is 1. The molecule has 112 valence electrons. The van der Waals surface area contributed by atoms with E-state index >= 15 is 0 Å². The molecule has 0 N–H and O–H groups in total. The van der Waals surface area contributed by atoms with Crippen LogP contribution in [0, 0.1) is 15.9 Å². The van der Waals surface area contributed by atoms with Crippen molar-refractivity contribution in [2.45, 2.75) is 32.1 Å². The normalized spacial score (nSPS) is 12.7. The maximum atomic E-state index is 13.3. The molecule has 0 fully saturated rings. The summed E-state index contributed by atoms with van der Waals surface area (Å²) in [4.78, 5) is 12.2. The summed E-state index contributed by atoms with van der Waals surface area (Å²) in [5.41, 5.74) is 0.0551. The van der Waals surface area contributed by atoms with Gasteiger partial charge in [0.15, 0.2) is 0 Å². The van der Waals surface area contributed by atoms with Gasteiger partial charge in [-0.25, -0.2) is 0 Å². The lowest BCUT2D eigenvalue weighted by molar-refractivity contribution is -0.387. The summed E-state index contributed by atoms with van der Waals surface area (Å²) in [5, 5.41) is 10.3. The lowest BCUT2D eigenvalue weighted by Crippen LogP contribution is -2.28. The number of hydrogen-bond acceptors (Lipinski definition) is 3. The molecular weight excluding hydrogens is 283 g/mol. The Morgan fingerprint density at radius 3 is 2.70 bits per heavy atom. The fourth-order valence-electron chi connectivity index (χ4n) is 1.96. The van der Waals surface area contributed by atoms with Crippen molar-refractivity contribution < 1.29 is 9.31 Å². The molecule has 0 heterocycles. The van der Waals surface area contributed by atoms with Crippen LogP contribution in [0.2, 0.25) is 0 Å². The molecule has 0 aromatic heterocycles. The van der Waals surface area contributed by atoms with Gasteiger partial charge < -0.3 is 4.90 Å². The van der Waals surface area contributed by atoms with Gasteiger partial charge in [0.25, 0.3) is 0 Å². The third-order valence-electron chi connectivity index (χ3n) is 3.22. The summed E-state index contributed by atoms with van der Waals surface area (Å²) in [6.07, 6.45) is 2.19. The van der Waals surface area contributed by atoms with E-state index in [1.165, 1.54) is 12.1 Å². The second kappa shape index (κ2) is 8.17. The highest BCUT2D eigenvalue weighted by Gasteiger charge is 2.19. The van der Waals surface area contributed by atoms with Crippen LogP contribution in [-0.4, -0.2) is 29.5 Å². The van der Waals surface area contributed by atoms with Crippen molar-refractivity contribution in [1.29, 1.82) is 0 Å². The number of nitro benzene ring substituents is 1. The van der Waals surface area contributed by atoms with E-state index in [1.54, 1.807) is 0 Å². The van der Waals surface area contributed by atoms with Crippen LogP contribution in [0.15, 0.2) is 18.2 Å². The number of benzene rings is 1. The summed E-state index contributed by atoms with van der Waals surface area (Å²) >= 11 is 6.30. The molecule has 1 rings (SSSR count). The van der Waals surface area contributed by atoms with Gasteiger partial charge in [-0.05, 0) is 31.1 Å². The minimum atomic E-state index is -0.832. The molecule has 0 aliphatic heterocycles. The lowest BCUT2D eigenvalue weighted by Gasteiger charge is -2.23. The predicted octanol–water partition coefficient (Wildman–Crippen LogP) is 4.14. The van der Waals surface area contributed by atoms with E-state index in [1.807, 2.05) is 6.92 Å². The van der Waals surface area contributed by atoms with E-state index in [9.17, 15) is 14.5 Å². The van der Waals surface area contributed by atoms with Gasteiger partial charge in [0.2, 0.25) is 5.82 Å². The van der Waals surface area contributed by atoms with Crippen LogP contribution in [0.1, 0.15) is 37.6 Å². The average molecular weight is 303 g/mol. The summed E-state index contributed by atoms with van der Waals surface area (Å²) in [7, 11) is 0. The molecule has 1 atom stereocenters. The second-order valence-corrected chi connectivity index (χ2v) is 5.21. The summed E-state index contributed by atoms with van der Waals surface area (Å²) < 4.78 is 13.3. The molecule has 1 unspecified atom stereocenters. The van der Waals surface area contributed by atoms with Crippen LogP contribution >= 0.6 is 11.6 Å². The summed E-state index contributed by atoms with van der Waals surface area (Å²) in [6.45, 7) is 6.58. The van der Waals surface area contributed by atoms with Gasteiger partial charge in [-0.1, -0.05) is 26.3 Å². The molecule has 0 radical (unpaired) electrons. The fourth-order valence-corrected chi connectivity index (χ4v) is 2.29. The van der Waals surface area contributed by atoms with Crippen LogP contribution in [0.25, 0.3) is 0 Å². The molecule has 0 saturated heterocycles. The highest BCUT2D eigenvalue weighted by molar-refractivity contribution is 6.21. The van der Waals surface area contributed by atoms with E-state index in [2.05, 4.69) is 11.8 Å². The third kappa shape index (κ3) is 4.72. The Morgan fingerprint density at radius 2 is 2.15 bits per heavy atom. The predicted molar refractivity (Wildman–Crippen MR) is 78.7 cm³/mol. The zero-order valence-electron chi connectivity index (χ0n) is 11.8. The molecule has 4 nitrogen and oxygen atoms in total. The zero-order valence-corrected chi connectivity index (χ0v) is 12.6. The first-order valence-electron chi connectivity index (χ1n) is 6.79. The van der Waals surface area contributed by atoms with Crippen molar-refractivity contribution in [3.05, 3.63) is 39.7 Å². The van der Waals surface area contributed by atoms with Crippen LogP contribution in [-0.2, 0) is 0 Å². The van der Waals surface area contributed by atoms with Gasteiger partial charge >= 0.3 is 5.69 Å². The number of unbranched alkanes of at least 4 members (excludes halogenated alkanes) is 1. The Morgan fingerprint density at radius 1 is 1.45 bits per heavy atom. The molecule has 0 amide bonds. The largest absolute Gasteiger partial charge is 0.305 e. The van der Waals surface area contributed by atoms with Crippen molar-refractivity contribution in [2.24, 2.45) is 0 Å². The molecule has 6 heteroatoms. The molecule has 0 spiro atoms. The molecule has 0 saturated carbocycles. The van der Waals surface area contributed by atoms with E-state index in [-0.39, 0.29) is 5.38 Å². The Bertz CT molecular complexity index is 457. The summed E-state index contributed by atoms with van der Waals surface area (Å²) in [5.74, 6) is -0.832. The van der Waals surface area contributed by atoms with Crippen molar-refractivity contribution in [3.63, 3.8) is 0 Å². The van der Waals surface area contributed by atoms with Crippen LogP contribution in [0.3, 0.4) is 0 Å². The first kappa shape index (κ1) is 16.9. The van der Waals surface area contributed by atoms with E-state index in [0.717, 1.165) is 32.0 Å². The number of likely N-dealkylation sites (N-methyl/N-ethyl adjacent to an activating group) is 1. The van der Waals surface area contributed by atoms with Gasteiger partial charge in [-0.2, -0.15) is 4.39 Å². The number of alkyl halides is 1. The zero-order chi connectivity index (χ0) is 15.1. The fraction of sp³-hybridized carbons (Fsp3) is 0.571. The van der Waals surface area contributed by atoms with Gasteiger partial charge in [0, 0.05) is 12.6 Å². The molecular formula is C14H20ClFN2O2. The standard InChI is InChI=1S/C14H20ClFN2O2/c1-3-5-8-17(4-2)10-12(15)11-6-7-13(16)14(9-11)18(19)20/h6-7,9,12H,3-5,8,10H2,1-2H3. The number of hydrogen-bond donors (Lipinski definition) is 0. The van der Waals surface area contributed by atoms with E-state index in [4.69, 9.17) is 11.6 Å². The highest BCUT2D eigenvalue weighted by atomic mass is 35.5. The monoisotopic (exact) mass is 302 g/mol. The molecule has 1 aromatic rings. The minimum Gasteiger partial charge on any atom is -0.302 e. The topological polar surface area (TPSA) is 46.4 Å². The number of rotatable bonds is 8. The van der Waals surface area contributed by atoms with Crippen molar-refractivity contribution in [2.75, 3.05) is 19.6 Å². The molecule has 1 aromatic carbocycles. The Hall–Kier alpha value is -1.20. The van der Waals surface area contributed by atoms with Crippen molar-refractivity contribution in [3.8, 4) is 0 Å². The Labute approximate surface area is 123 Å². The Kier molecular flexibility index (Phi) is 6.88.